The third kappa shape index (κ3) is 3.67. The molecule has 6 heteroatoms. The standard InChI is InChI=1S/C19H21N3O3/c1-13-4-7-22(8-5-13)17-3-2-14(12-23)10-16(17)21-19(24)18-15(11-20)6-9-25-18/h2-3,6,9-10,13,23H,4-5,7-8,12H2,1H3,(H,21,24). The van der Waals surface area contributed by atoms with Gasteiger partial charge in [0.05, 0.1) is 24.2 Å². The SMILES string of the molecule is CC1CCN(c2ccc(CO)cc2NC(=O)c2occc2C#N)CC1. The lowest BCUT2D eigenvalue weighted by atomic mass is 9.98. The summed E-state index contributed by atoms with van der Waals surface area (Å²) in [5, 5.41) is 21.3. The van der Waals surface area contributed by atoms with E-state index in [1.807, 2.05) is 18.2 Å². The van der Waals surface area contributed by atoms with Crippen LogP contribution in [-0.2, 0) is 6.61 Å². The van der Waals surface area contributed by atoms with Gasteiger partial charge in [0.15, 0.2) is 0 Å². The molecule has 2 aromatic rings. The van der Waals surface area contributed by atoms with Crippen LogP contribution >= 0.6 is 0 Å². The first-order chi connectivity index (χ1) is 12.1. The van der Waals surface area contributed by atoms with Gasteiger partial charge in [0.2, 0.25) is 5.76 Å². The first-order valence-corrected chi connectivity index (χ1v) is 8.40. The number of hydrogen-bond donors (Lipinski definition) is 2. The van der Waals surface area contributed by atoms with Crippen molar-refractivity contribution >= 4 is 17.3 Å². The molecule has 1 aliphatic heterocycles. The summed E-state index contributed by atoms with van der Waals surface area (Å²) in [4.78, 5) is 14.7. The summed E-state index contributed by atoms with van der Waals surface area (Å²) in [6.07, 6.45) is 3.53. The van der Waals surface area contributed by atoms with Crippen LogP contribution < -0.4 is 10.2 Å². The van der Waals surface area contributed by atoms with Gasteiger partial charge in [0.25, 0.3) is 5.91 Å². The van der Waals surface area contributed by atoms with Crippen molar-refractivity contribution in [3.63, 3.8) is 0 Å². The van der Waals surface area contributed by atoms with E-state index in [0.717, 1.165) is 31.6 Å². The molecule has 1 amide bonds. The second-order valence-corrected chi connectivity index (χ2v) is 6.41. The molecule has 0 saturated carbocycles. The Morgan fingerprint density at radius 2 is 2.16 bits per heavy atom. The van der Waals surface area contributed by atoms with Gasteiger partial charge >= 0.3 is 0 Å². The highest BCUT2D eigenvalue weighted by Crippen LogP contribution is 2.31. The van der Waals surface area contributed by atoms with Gasteiger partial charge in [0.1, 0.15) is 11.6 Å². The van der Waals surface area contributed by atoms with Crippen molar-refractivity contribution in [1.82, 2.24) is 0 Å². The van der Waals surface area contributed by atoms with E-state index in [-0.39, 0.29) is 17.9 Å². The highest BCUT2D eigenvalue weighted by Gasteiger charge is 2.21. The van der Waals surface area contributed by atoms with Gasteiger partial charge in [-0.1, -0.05) is 13.0 Å². The van der Waals surface area contributed by atoms with Crippen LogP contribution in [0.3, 0.4) is 0 Å². The zero-order valence-electron chi connectivity index (χ0n) is 14.2. The zero-order valence-corrected chi connectivity index (χ0v) is 14.2. The van der Waals surface area contributed by atoms with Crippen molar-refractivity contribution in [2.45, 2.75) is 26.4 Å². The Kier molecular flexibility index (Phi) is 5.05. The Balaban J connectivity index is 1.88. The summed E-state index contributed by atoms with van der Waals surface area (Å²) >= 11 is 0. The molecule has 3 rings (SSSR count). The molecule has 1 aromatic heterocycles. The molecular weight excluding hydrogens is 318 g/mol. The molecule has 0 radical (unpaired) electrons. The molecule has 25 heavy (non-hydrogen) atoms. The molecule has 2 heterocycles. The fourth-order valence-electron chi connectivity index (χ4n) is 3.06. The molecule has 1 aliphatic rings. The molecule has 1 fully saturated rings. The zero-order chi connectivity index (χ0) is 17.8. The number of rotatable bonds is 4. The number of nitrogens with one attached hydrogen (secondary N) is 1. The topological polar surface area (TPSA) is 89.5 Å². The number of aliphatic hydroxyl groups excluding tert-OH is 1. The van der Waals surface area contributed by atoms with E-state index in [1.165, 1.54) is 12.3 Å². The summed E-state index contributed by atoms with van der Waals surface area (Å²) in [5.41, 5.74) is 2.45. The fourth-order valence-corrected chi connectivity index (χ4v) is 3.06. The maximum atomic E-state index is 12.5. The number of furan rings is 1. The van der Waals surface area contributed by atoms with Crippen LogP contribution in [0.2, 0.25) is 0 Å². The van der Waals surface area contributed by atoms with Crippen LogP contribution in [-0.4, -0.2) is 24.1 Å². The number of nitriles is 1. The lowest BCUT2D eigenvalue weighted by Gasteiger charge is -2.33. The number of nitrogens with zero attached hydrogens (tertiary/aromatic N) is 2. The molecular formula is C19H21N3O3. The van der Waals surface area contributed by atoms with Crippen molar-refractivity contribution in [1.29, 1.82) is 5.26 Å². The first-order valence-electron chi connectivity index (χ1n) is 8.40. The van der Waals surface area contributed by atoms with Crippen LogP contribution in [0.15, 0.2) is 34.9 Å². The second-order valence-electron chi connectivity index (χ2n) is 6.41. The molecule has 0 atom stereocenters. The van der Waals surface area contributed by atoms with Gasteiger partial charge in [-0.25, -0.2) is 0 Å². The third-order valence-electron chi connectivity index (χ3n) is 4.61. The molecule has 130 valence electrons. The largest absolute Gasteiger partial charge is 0.458 e. The van der Waals surface area contributed by atoms with Crippen LogP contribution in [0.4, 0.5) is 11.4 Å². The number of benzene rings is 1. The van der Waals surface area contributed by atoms with E-state index < -0.39 is 5.91 Å². The monoisotopic (exact) mass is 339 g/mol. The van der Waals surface area contributed by atoms with E-state index in [2.05, 4.69) is 17.1 Å². The molecule has 0 unspecified atom stereocenters. The van der Waals surface area contributed by atoms with Gasteiger partial charge in [-0.3, -0.25) is 4.79 Å². The van der Waals surface area contributed by atoms with E-state index in [0.29, 0.717) is 17.2 Å². The van der Waals surface area contributed by atoms with Crippen LogP contribution in [0.5, 0.6) is 0 Å². The van der Waals surface area contributed by atoms with Gasteiger partial charge in [-0.15, -0.1) is 0 Å². The van der Waals surface area contributed by atoms with E-state index in [9.17, 15) is 9.90 Å². The molecule has 0 aliphatic carbocycles. The average molecular weight is 339 g/mol. The van der Waals surface area contributed by atoms with Gasteiger partial charge in [-0.2, -0.15) is 5.26 Å². The summed E-state index contributed by atoms with van der Waals surface area (Å²) in [6, 6.07) is 8.95. The maximum absolute atomic E-state index is 12.5. The number of amides is 1. The molecule has 0 spiro atoms. The van der Waals surface area contributed by atoms with Crippen LogP contribution in [0.25, 0.3) is 0 Å². The lowest BCUT2D eigenvalue weighted by Crippen LogP contribution is -2.33. The van der Waals surface area contributed by atoms with Crippen LogP contribution in [0, 0.1) is 17.2 Å². The molecule has 1 saturated heterocycles. The number of carbonyl (C=O) groups excluding carboxylic acids is 1. The van der Waals surface area contributed by atoms with Gasteiger partial charge in [-0.05, 0) is 42.5 Å². The number of anilines is 2. The molecule has 1 aromatic carbocycles. The van der Waals surface area contributed by atoms with Crippen molar-refractivity contribution < 1.29 is 14.3 Å². The predicted octanol–water partition coefficient (Wildman–Crippen LogP) is 3.13. The number of carbonyl (C=O) groups is 1. The Hall–Kier alpha value is -2.78. The van der Waals surface area contributed by atoms with E-state index in [4.69, 9.17) is 9.68 Å². The van der Waals surface area contributed by atoms with Crippen molar-refractivity contribution in [3.05, 3.63) is 47.4 Å². The van der Waals surface area contributed by atoms with Crippen LogP contribution in [0.1, 0.15) is 41.4 Å². The summed E-state index contributed by atoms with van der Waals surface area (Å²) < 4.78 is 5.15. The second kappa shape index (κ2) is 7.41. The van der Waals surface area contributed by atoms with Crippen molar-refractivity contribution in [3.8, 4) is 6.07 Å². The minimum atomic E-state index is -0.469. The third-order valence-corrected chi connectivity index (χ3v) is 4.61. The average Bonchev–Trinajstić information content (AvgIpc) is 3.11. The minimum absolute atomic E-state index is 0.00452. The Morgan fingerprint density at radius 3 is 2.84 bits per heavy atom. The predicted molar refractivity (Wildman–Crippen MR) is 94.4 cm³/mol. The van der Waals surface area contributed by atoms with E-state index >= 15 is 0 Å². The first kappa shape index (κ1) is 17.1. The molecule has 2 N–H and O–H groups in total. The highest BCUT2D eigenvalue weighted by molar-refractivity contribution is 6.05. The van der Waals surface area contributed by atoms with Crippen molar-refractivity contribution in [2.24, 2.45) is 5.92 Å². The maximum Gasteiger partial charge on any atom is 0.292 e. The van der Waals surface area contributed by atoms with Gasteiger partial charge in [0, 0.05) is 13.1 Å². The molecule has 6 nitrogen and oxygen atoms in total. The lowest BCUT2D eigenvalue weighted by molar-refractivity contribution is 0.0996. The fraction of sp³-hybridized carbons (Fsp3) is 0.368. The Bertz CT molecular complexity index is 798. The highest BCUT2D eigenvalue weighted by atomic mass is 16.3. The quantitative estimate of drug-likeness (QED) is 0.893. The Labute approximate surface area is 146 Å². The summed E-state index contributed by atoms with van der Waals surface area (Å²) in [5.74, 6) is 0.227. The summed E-state index contributed by atoms with van der Waals surface area (Å²) in [7, 11) is 0. The molecule has 0 bridgehead atoms. The minimum Gasteiger partial charge on any atom is -0.458 e. The Morgan fingerprint density at radius 1 is 1.40 bits per heavy atom. The number of aliphatic hydroxyl groups is 1. The van der Waals surface area contributed by atoms with E-state index in [1.54, 1.807) is 6.07 Å². The normalized spacial score (nSPS) is 15.0. The van der Waals surface area contributed by atoms with Crippen molar-refractivity contribution in [2.75, 3.05) is 23.3 Å². The summed E-state index contributed by atoms with van der Waals surface area (Å²) in [6.45, 7) is 3.99. The number of hydrogen-bond acceptors (Lipinski definition) is 5. The smallest absolute Gasteiger partial charge is 0.292 e. The van der Waals surface area contributed by atoms with Gasteiger partial charge < -0.3 is 19.7 Å². The number of piperidine rings is 1.